The summed E-state index contributed by atoms with van der Waals surface area (Å²) in [6.07, 6.45) is 2.23. The highest BCUT2D eigenvalue weighted by Gasteiger charge is 2.22. The first-order valence-electron chi connectivity index (χ1n) is 9.58. The summed E-state index contributed by atoms with van der Waals surface area (Å²) in [5.74, 6) is 0.321. The molecule has 2 aromatic rings. The normalized spacial score (nSPS) is 11.7. The van der Waals surface area contributed by atoms with Crippen LogP contribution in [0.3, 0.4) is 0 Å². The van der Waals surface area contributed by atoms with E-state index in [1.165, 1.54) is 0 Å². The molecule has 27 heavy (non-hydrogen) atoms. The van der Waals surface area contributed by atoms with Crippen LogP contribution in [0.15, 0.2) is 60.7 Å². The number of hydrogen-bond acceptors (Lipinski definition) is 2. The molecule has 3 amide bonds. The van der Waals surface area contributed by atoms with Crippen molar-refractivity contribution in [2.24, 2.45) is 5.92 Å². The number of para-hydroxylation sites is 1. The van der Waals surface area contributed by atoms with Gasteiger partial charge in [0.15, 0.2) is 0 Å². The van der Waals surface area contributed by atoms with Gasteiger partial charge in [0.05, 0.1) is 6.04 Å². The Morgan fingerprint density at radius 3 is 2.07 bits per heavy atom. The lowest BCUT2D eigenvalue weighted by Crippen LogP contribution is -2.36. The molecular formula is C22H29N3O2. The zero-order valence-electron chi connectivity index (χ0n) is 16.1. The molecule has 3 N–H and O–H groups in total. The molecule has 1 atom stereocenters. The van der Waals surface area contributed by atoms with Gasteiger partial charge in [0, 0.05) is 18.7 Å². The fourth-order valence-electron chi connectivity index (χ4n) is 3.13. The van der Waals surface area contributed by atoms with Gasteiger partial charge >= 0.3 is 6.03 Å². The molecule has 144 valence electrons. The summed E-state index contributed by atoms with van der Waals surface area (Å²) in [5.41, 5.74) is 1.84. The Morgan fingerprint density at radius 2 is 1.48 bits per heavy atom. The number of carbonyl (C=O) groups is 2. The average molecular weight is 367 g/mol. The van der Waals surface area contributed by atoms with Crippen LogP contribution >= 0.6 is 0 Å². The topological polar surface area (TPSA) is 70.2 Å². The molecule has 1 unspecified atom stereocenters. The summed E-state index contributed by atoms with van der Waals surface area (Å²) in [6, 6.07) is 19.0. The van der Waals surface area contributed by atoms with E-state index < -0.39 is 0 Å². The van der Waals surface area contributed by atoms with E-state index in [1.807, 2.05) is 48.5 Å². The molecule has 0 heterocycles. The first-order valence-corrected chi connectivity index (χ1v) is 9.58. The maximum Gasteiger partial charge on any atom is 0.319 e. The van der Waals surface area contributed by atoms with E-state index in [0.717, 1.165) is 24.1 Å². The molecular weight excluding hydrogens is 338 g/mol. The summed E-state index contributed by atoms with van der Waals surface area (Å²) in [6.45, 7) is 4.58. The zero-order valence-corrected chi connectivity index (χ0v) is 16.1. The minimum Gasteiger partial charge on any atom is -0.349 e. The van der Waals surface area contributed by atoms with Crippen molar-refractivity contribution in [2.45, 2.75) is 39.2 Å². The highest BCUT2D eigenvalue weighted by atomic mass is 16.2. The van der Waals surface area contributed by atoms with Crippen molar-refractivity contribution in [3.05, 3.63) is 66.2 Å². The fourth-order valence-corrected chi connectivity index (χ4v) is 3.13. The van der Waals surface area contributed by atoms with Gasteiger partial charge < -0.3 is 16.0 Å². The van der Waals surface area contributed by atoms with Gasteiger partial charge in [-0.3, -0.25) is 4.79 Å². The van der Waals surface area contributed by atoms with Crippen molar-refractivity contribution in [3.8, 4) is 0 Å². The Labute approximate surface area is 161 Å². The summed E-state index contributed by atoms with van der Waals surface area (Å²) in [7, 11) is 0. The van der Waals surface area contributed by atoms with E-state index in [0.29, 0.717) is 5.92 Å². The largest absolute Gasteiger partial charge is 0.349 e. The first-order chi connectivity index (χ1) is 13.1. The molecule has 0 aliphatic carbocycles. The van der Waals surface area contributed by atoms with Gasteiger partial charge in [0.25, 0.3) is 0 Å². The summed E-state index contributed by atoms with van der Waals surface area (Å²) in [4.78, 5) is 24.3. The van der Waals surface area contributed by atoms with Crippen LogP contribution in [-0.4, -0.2) is 18.5 Å². The molecule has 0 aliphatic rings. The monoisotopic (exact) mass is 367 g/mol. The Morgan fingerprint density at radius 1 is 0.889 bits per heavy atom. The molecule has 0 aromatic heterocycles. The standard InChI is InChI=1S/C22H29N3O2/c1-3-17(4-2)21(18-11-7-5-8-12-18)25-20(26)15-16-23-22(27)24-19-13-9-6-10-14-19/h5-14,17,21H,3-4,15-16H2,1-2H3,(H,25,26)(H2,23,24,27). The van der Waals surface area contributed by atoms with E-state index in [4.69, 9.17) is 0 Å². The molecule has 0 radical (unpaired) electrons. The molecule has 5 nitrogen and oxygen atoms in total. The maximum absolute atomic E-state index is 12.4. The second kappa shape index (κ2) is 11.0. The lowest BCUT2D eigenvalue weighted by molar-refractivity contribution is -0.122. The van der Waals surface area contributed by atoms with E-state index in [1.54, 1.807) is 0 Å². The number of hydrogen-bond donors (Lipinski definition) is 3. The maximum atomic E-state index is 12.4. The lowest BCUT2D eigenvalue weighted by Gasteiger charge is -2.27. The molecule has 0 aliphatic heterocycles. The van der Waals surface area contributed by atoms with Crippen LogP contribution in [0.25, 0.3) is 0 Å². The highest BCUT2D eigenvalue weighted by molar-refractivity contribution is 5.89. The molecule has 0 saturated carbocycles. The zero-order chi connectivity index (χ0) is 19.5. The van der Waals surface area contributed by atoms with Crippen LogP contribution in [-0.2, 0) is 4.79 Å². The summed E-state index contributed by atoms with van der Waals surface area (Å²) >= 11 is 0. The van der Waals surface area contributed by atoms with Crippen molar-refractivity contribution < 1.29 is 9.59 Å². The number of benzene rings is 2. The van der Waals surface area contributed by atoms with Gasteiger partial charge in [-0.05, 0) is 23.6 Å². The Hall–Kier alpha value is -2.82. The minimum absolute atomic E-state index is 0.00755. The van der Waals surface area contributed by atoms with Crippen molar-refractivity contribution >= 4 is 17.6 Å². The summed E-state index contributed by atoms with van der Waals surface area (Å²) in [5, 5.41) is 8.61. The number of rotatable bonds is 9. The van der Waals surface area contributed by atoms with Gasteiger partial charge in [0.2, 0.25) is 5.91 Å². The van der Waals surface area contributed by atoms with Crippen molar-refractivity contribution in [3.63, 3.8) is 0 Å². The van der Waals surface area contributed by atoms with Crippen molar-refractivity contribution in [1.29, 1.82) is 0 Å². The molecule has 0 spiro atoms. The van der Waals surface area contributed by atoms with E-state index >= 15 is 0 Å². The second-order valence-corrected chi connectivity index (χ2v) is 6.53. The number of nitrogens with one attached hydrogen (secondary N) is 3. The van der Waals surface area contributed by atoms with Gasteiger partial charge in [-0.25, -0.2) is 4.79 Å². The minimum atomic E-state index is -0.311. The lowest BCUT2D eigenvalue weighted by atomic mass is 9.88. The fraction of sp³-hybridized carbons (Fsp3) is 0.364. The number of anilines is 1. The van der Waals surface area contributed by atoms with E-state index in [9.17, 15) is 9.59 Å². The molecule has 0 fully saturated rings. The smallest absolute Gasteiger partial charge is 0.319 e. The van der Waals surface area contributed by atoms with Crippen LogP contribution < -0.4 is 16.0 Å². The van der Waals surface area contributed by atoms with E-state index in [-0.39, 0.29) is 30.9 Å². The van der Waals surface area contributed by atoms with E-state index in [2.05, 4.69) is 41.9 Å². The predicted molar refractivity (Wildman–Crippen MR) is 109 cm³/mol. The summed E-state index contributed by atoms with van der Waals surface area (Å²) < 4.78 is 0. The molecule has 2 rings (SSSR count). The third kappa shape index (κ3) is 6.77. The number of urea groups is 1. The van der Waals surface area contributed by atoms with Crippen LogP contribution in [0.4, 0.5) is 10.5 Å². The Kier molecular flexibility index (Phi) is 8.36. The average Bonchev–Trinajstić information content (AvgIpc) is 2.69. The molecule has 0 saturated heterocycles. The van der Waals surface area contributed by atoms with Gasteiger partial charge in [-0.15, -0.1) is 0 Å². The Balaban J connectivity index is 1.84. The number of amides is 3. The van der Waals surface area contributed by atoms with Crippen LogP contribution in [0.5, 0.6) is 0 Å². The SMILES string of the molecule is CCC(CC)C(NC(=O)CCNC(=O)Nc1ccccc1)c1ccccc1. The quantitative estimate of drug-likeness (QED) is 0.611. The van der Waals surface area contributed by atoms with Gasteiger partial charge in [-0.1, -0.05) is 75.2 Å². The first kappa shape index (κ1) is 20.5. The second-order valence-electron chi connectivity index (χ2n) is 6.53. The third-order valence-corrected chi connectivity index (χ3v) is 4.66. The van der Waals surface area contributed by atoms with Crippen LogP contribution in [0.1, 0.15) is 44.7 Å². The molecule has 5 heteroatoms. The van der Waals surface area contributed by atoms with Crippen molar-refractivity contribution in [2.75, 3.05) is 11.9 Å². The van der Waals surface area contributed by atoms with Gasteiger partial charge in [0.1, 0.15) is 0 Å². The number of carbonyl (C=O) groups excluding carboxylic acids is 2. The van der Waals surface area contributed by atoms with Crippen LogP contribution in [0.2, 0.25) is 0 Å². The predicted octanol–water partition coefficient (Wildman–Crippen LogP) is 4.49. The molecule has 0 bridgehead atoms. The molecule has 2 aromatic carbocycles. The van der Waals surface area contributed by atoms with Crippen LogP contribution in [0, 0.1) is 5.92 Å². The van der Waals surface area contributed by atoms with Gasteiger partial charge in [-0.2, -0.15) is 0 Å². The van der Waals surface area contributed by atoms with Crippen molar-refractivity contribution in [1.82, 2.24) is 10.6 Å². The Bertz CT molecular complexity index is 700. The highest BCUT2D eigenvalue weighted by Crippen LogP contribution is 2.27. The third-order valence-electron chi connectivity index (χ3n) is 4.66.